The van der Waals surface area contributed by atoms with Gasteiger partial charge in [-0.2, -0.15) is 0 Å². The summed E-state index contributed by atoms with van der Waals surface area (Å²) in [6.07, 6.45) is -0.531. The van der Waals surface area contributed by atoms with Gasteiger partial charge >= 0.3 is 6.09 Å². The van der Waals surface area contributed by atoms with Crippen LogP contribution in [0.5, 0.6) is 0 Å². The van der Waals surface area contributed by atoms with Crippen LogP contribution in [0.2, 0.25) is 0 Å². The molecule has 6 nitrogen and oxygen atoms in total. The van der Waals surface area contributed by atoms with Gasteiger partial charge in [0.1, 0.15) is 5.60 Å². The third-order valence-corrected chi connectivity index (χ3v) is 4.66. The Morgan fingerprint density at radius 3 is 2.31 bits per heavy atom. The van der Waals surface area contributed by atoms with Gasteiger partial charge in [-0.3, -0.25) is 15.0 Å². The van der Waals surface area contributed by atoms with E-state index in [9.17, 15) is 9.59 Å². The fraction of sp³-hybridized carbons (Fsp3) is 0.391. The molecule has 0 aromatic heterocycles. The molecule has 1 N–H and O–H groups in total. The number of nitrogens with zero attached hydrogens (tertiary/aromatic N) is 2. The van der Waals surface area contributed by atoms with Crippen molar-refractivity contribution in [2.75, 3.05) is 31.5 Å². The van der Waals surface area contributed by atoms with Crippen LogP contribution in [0, 0.1) is 0 Å². The summed E-state index contributed by atoms with van der Waals surface area (Å²) in [6.45, 7) is 9.40. The van der Waals surface area contributed by atoms with Crippen molar-refractivity contribution in [1.82, 2.24) is 9.80 Å². The van der Waals surface area contributed by atoms with Gasteiger partial charge in [0.05, 0.1) is 0 Å². The fourth-order valence-corrected chi connectivity index (χ4v) is 3.28. The summed E-state index contributed by atoms with van der Waals surface area (Å²) in [4.78, 5) is 29.1. The van der Waals surface area contributed by atoms with E-state index in [2.05, 4.69) is 22.3 Å². The van der Waals surface area contributed by atoms with E-state index < -0.39 is 11.7 Å². The number of nitrogens with one attached hydrogen (secondary N) is 1. The molecule has 0 bridgehead atoms. The van der Waals surface area contributed by atoms with Crippen LogP contribution in [-0.2, 0) is 11.3 Å². The molecule has 2 amide bonds. The highest BCUT2D eigenvalue weighted by atomic mass is 16.6. The van der Waals surface area contributed by atoms with E-state index in [1.54, 1.807) is 24.3 Å². The zero-order valence-electron chi connectivity index (χ0n) is 17.4. The molecule has 1 fully saturated rings. The highest BCUT2D eigenvalue weighted by molar-refractivity contribution is 5.96. The Balaban J connectivity index is 1.55. The lowest BCUT2D eigenvalue weighted by molar-refractivity contribution is 0.0620. The molecule has 154 valence electrons. The summed E-state index contributed by atoms with van der Waals surface area (Å²) in [7, 11) is 0. The summed E-state index contributed by atoms with van der Waals surface area (Å²) in [5.41, 5.74) is 1.83. The minimum Gasteiger partial charge on any atom is -0.444 e. The van der Waals surface area contributed by atoms with Crippen LogP contribution in [0.4, 0.5) is 10.5 Å². The topological polar surface area (TPSA) is 61.9 Å². The maximum atomic E-state index is 12.9. The molecule has 0 spiro atoms. The van der Waals surface area contributed by atoms with E-state index in [1.165, 1.54) is 5.56 Å². The summed E-state index contributed by atoms with van der Waals surface area (Å²) in [6, 6.07) is 17.4. The zero-order chi connectivity index (χ0) is 20.9. The van der Waals surface area contributed by atoms with Gasteiger partial charge in [0.2, 0.25) is 0 Å². The molecule has 1 saturated heterocycles. The van der Waals surface area contributed by atoms with Crippen molar-refractivity contribution in [3.63, 3.8) is 0 Å². The second-order valence-electron chi connectivity index (χ2n) is 8.26. The van der Waals surface area contributed by atoms with E-state index in [-0.39, 0.29) is 5.91 Å². The number of piperazine rings is 1. The smallest absolute Gasteiger partial charge is 0.412 e. The fourth-order valence-electron chi connectivity index (χ4n) is 3.28. The van der Waals surface area contributed by atoms with Crippen LogP contribution in [0.1, 0.15) is 36.7 Å². The number of anilines is 1. The Morgan fingerprint density at radius 2 is 1.66 bits per heavy atom. The minimum atomic E-state index is -0.572. The summed E-state index contributed by atoms with van der Waals surface area (Å²) in [5, 5.41) is 2.69. The van der Waals surface area contributed by atoms with Crippen LogP contribution in [0.25, 0.3) is 0 Å². The molecule has 2 aromatic rings. The number of hydrogen-bond donors (Lipinski definition) is 1. The zero-order valence-corrected chi connectivity index (χ0v) is 17.4. The molecule has 0 aliphatic carbocycles. The third kappa shape index (κ3) is 6.32. The second kappa shape index (κ2) is 9.09. The predicted octanol–water partition coefficient (Wildman–Crippen LogP) is 3.99. The van der Waals surface area contributed by atoms with Crippen molar-refractivity contribution in [3.05, 3.63) is 65.7 Å². The van der Waals surface area contributed by atoms with Crippen molar-refractivity contribution in [2.24, 2.45) is 0 Å². The quantitative estimate of drug-likeness (QED) is 0.850. The van der Waals surface area contributed by atoms with Crippen molar-refractivity contribution in [3.8, 4) is 0 Å². The Hall–Kier alpha value is -2.86. The average Bonchev–Trinajstić information content (AvgIpc) is 2.67. The number of rotatable bonds is 4. The monoisotopic (exact) mass is 395 g/mol. The van der Waals surface area contributed by atoms with E-state index in [4.69, 9.17) is 4.74 Å². The minimum absolute atomic E-state index is 0.0165. The molecule has 0 radical (unpaired) electrons. The van der Waals surface area contributed by atoms with Crippen LogP contribution in [0.15, 0.2) is 54.6 Å². The standard InChI is InChI=1S/C23H29N3O3/c1-23(2,3)29-22(28)24-20-11-7-10-19(16-20)21(27)26-14-12-25(13-15-26)17-18-8-5-4-6-9-18/h4-11,16H,12-15,17H2,1-3H3,(H,24,28). The van der Waals surface area contributed by atoms with E-state index in [0.29, 0.717) is 24.3 Å². The largest absolute Gasteiger partial charge is 0.444 e. The molecule has 29 heavy (non-hydrogen) atoms. The SMILES string of the molecule is CC(C)(C)OC(=O)Nc1cccc(C(=O)N2CCN(Cc3ccccc3)CC2)c1. The first kappa shape index (κ1) is 20.9. The lowest BCUT2D eigenvalue weighted by atomic mass is 10.1. The molecular weight excluding hydrogens is 366 g/mol. The maximum Gasteiger partial charge on any atom is 0.412 e. The van der Waals surface area contributed by atoms with Gasteiger partial charge in [-0.25, -0.2) is 4.79 Å². The second-order valence-corrected chi connectivity index (χ2v) is 8.26. The first-order valence-electron chi connectivity index (χ1n) is 9.96. The highest BCUT2D eigenvalue weighted by Crippen LogP contribution is 2.16. The summed E-state index contributed by atoms with van der Waals surface area (Å²) < 4.78 is 5.27. The lowest BCUT2D eigenvalue weighted by Gasteiger charge is -2.34. The number of amides is 2. The van der Waals surface area contributed by atoms with Gasteiger partial charge in [0, 0.05) is 44.0 Å². The number of benzene rings is 2. The number of carbonyl (C=O) groups is 2. The number of ether oxygens (including phenoxy) is 1. The third-order valence-electron chi connectivity index (χ3n) is 4.66. The Kier molecular flexibility index (Phi) is 6.54. The van der Waals surface area contributed by atoms with Crippen LogP contribution < -0.4 is 5.32 Å². The highest BCUT2D eigenvalue weighted by Gasteiger charge is 2.23. The Bertz CT molecular complexity index is 838. The van der Waals surface area contributed by atoms with Crippen LogP contribution in [0.3, 0.4) is 0 Å². The molecule has 0 unspecified atom stereocenters. The number of carbonyl (C=O) groups excluding carboxylic acids is 2. The van der Waals surface area contributed by atoms with Gasteiger partial charge in [-0.05, 0) is 44.5 Å². The van der Waals surface area contributed by atoms with Crippen molar-refractivity contribution >= 4 is 17.7 Å². The Labute approximate surface area is 172 Å². The lowest BCUT2D eigenvalue weighted by Crippen LogP contribution is -2.48. The number of hydrogen-bond acceptors (Lipinski definition) is 4. The average molecular weight is 396 g/mol. The molecule has 1 aliphatic rings. The van der Waals surface area contributed by atoms with Crippen LogP contribution in [-0.4, -0.2) is 53.6 Å². The van der Waals surface area contributed by atoms with Gasteiger partial charge in [0.15, 0.2) is 0 Å². The van der Waals surface area contributed by atoms with E-state index in [1.807, 2.05) is 43.9 Å². The van der Waals surface area contributed by atoms with Gasteiger partial charge in [-0.1, -0.05) is 36.4 Å². The van der Waals surface area contributed by atoms with Crippen molar-refractivity contribution < 1.29 is 14.3 Å². The molecule has 1 heterocycles. The van der Waals surface area contributed by atoms with Crippen molar-refractivity contribution in [1.29, 1.82) is 0 Å². The molecule has 6 heteroatoms. The van der Waals surface area contributed by atoms with Gasteiger partial charge < -0.3 is 9.64 Å². The van der Waals surface area contributed by atoms with E-state index >= 15 is 0 Å². The molecular formula is C23H29N3O3. The van der Waals surface area contributed by atoms with Crippen LogP contribution >= 0.6 is 0 Å². The predicted molar refractivity (Wildman–Crippen MR) is 114 cm³/mol. The van der Waals surface area contributed by atoms with Gasteiger partial charge in [0.25, 0.3) is 5.91 Å². The molecule has 3 rings (SSSR count). The normalized spacial score (nSPS) is 15.1. The summed E-state index contributed by atoms with van der Waals surface area (Å²) in [5.74, 6) is -0.0165. The molecule has 2 aromatic carbocycles. The first-order valence-corrected chi connectivity index (χ1v) is 9.96. The van der Waals surface area contributed by atoms with Gasteiger partial charge in [-0.15, -0.1) is 0 Å². The van der Waals surface area contributed by atoms with Crippen molar-refractivity contribution in [2.45, 2.75) is 32.9 Å². The first-order chi connectivity index (χ1) is 13.8. The molecule has 0 saturated carbocycles. The van der Waals surface area contributed by atoms with E-state index in [0.717, 1.165) is 19.6 Å². The Morgan fingerprint density at radius 1 is 0.966 bits per heavy atom. The maximum absolute atomic E-state index is 12.9. The molecule has 0 atom stereocenters. The molecule has 1 aliphatic heterocycles. The summed E-state index contributed by atoms with van der Waals surface area (Å²) >= 11 is 0.